The predicted molar refractivity (Wildman–Crippen MR) is 119 cm³/mol. The number of hydrogen-bond donors (Lipinski definition) is 2. The van der Waals surface area contributed by atoms with Gasteiger partial charge < -0.3 is 10.0 Å². The van der Waals surface area contributed by atoms with Crippen molar-refractivity contribution in [2.45, 2.75) is 26.7 Å². The summed E-state index contributed by atoms with van der Waals surface area (Å²) in [6.07, 6.45) is 10.9. The van der Waals surface area contributed by atoms with E-state index in [1.54, 1.807) is 6.20 Å². The van der Waals surface area contributed by atoms with Crippen LogP contribution < -0.4 is 10.0 Å². The Morgan fingerprint density at radius 3 is 2.89 bits per heavy atom. The second-order valence-electron chi connectivity index (χ2n) is 5.97. The fourth-order valence-electron chi connectivity index (χ4n) is 2.46. The number of carbonyl (C=O) groups excluding carboxylic acids is 1. The van der Waals surface area contributed by atoms with Crippen molar-refractivity contribution in [1.29, 1.82) is 0 Å². The molecule has 27 heavy (non-hydrogen) atoms. The standard InChI is InChI=1S/C21H25N3OS2/c1-5-6-7-17(10-16(3)24-26-4)12-20(25)23-21-13-19(14-27-21)18-8-9-22-15(2)11-18/h6-11,13-14,24H,3,5,12H2,1-2,4H3,(H,23,25)/b7-6-,17-10+. The second kappa shape index (κ2) is 10.7. The van der Waals surface area contributed by atoms with Gasteiger partial charge in [-0.3, -0.25) is 9.78 Å². The Bertz CT molecular complexity index is 853. The van der Waals surface area contributed by atoms with Crippen LogP contribution in [-0.4, -0.2) is 17.1 Å². The first-order chi connectivity index (χ1) is 13.0. The van der Waals surface area contributed by atoms with E-state index in [2.05, 4.69) is 28.5 Å². The van der Waals surface area contributed by atoms with Crippen LogP contribution in [0.15, 0.2) is 65.9 Å². The van der Waals surface area contributed by atoms with Crippen LogP contribution in [0.1, 0.15) is 25.5 Å². The number of anilines is 1. The zero-order valence-electron chi connectivity index (χ0n) is 15.9. The molecule has 0 spiro atoms. The molecular weight excluding hydrogens is 374 g/mol. The molecule has 0 saturated heterocycles. The molecule has 0 unspecified atom stereocenters. The van der Waals surface area contributed by atoms with E-state index in [-0.39, 0.29) is 5.91 Å². The normalized spacial score (nSPS) is 11.6. The van der Waals surface area contributed by atoms with E-state index < -0.39 is 0 Å². The first kappa shape index (κ1) is 21.0. The highest BCUT2D eigenvalue weighted by Crippen LogP contribution is 2.29. The maximum absolute atomic E-state index is 12.5. The van der Waals surface area contributed by atoms with Gasteiger partial charge in [0.2, 0.25) is 5.91 Å². The predicted octanol–water partition coefficient (Wildman–Crippen LogP) is 5.72. The molecular formula is C21H25N3OS2. The van der Waals surface area contributed by atoms with E-state index in [0.29, 0.717) is 6.42 Å². The molecule has 0 radical (unpaired) electrons. The molecule has 0 aliphatic rings. The number of pyridine rings is 1. The minimum atomic E-state index is -0.0433. The van der Waals surface area contributed by atoms with Gasteiger partial charge in [-0.25, -0.2) is 0 Å². The molecule has 0 bridgehead atoms. The molecule has 6 heteroatoms. The monoisotopic (exact) mass is 399 g/mol. The Morgan fingerprint density at radius 1 is 1.37 bits per heavy atom. The van der Waals surface area contributed by atoms with Crippen molar-refractivity contribution < 1.29 is 4.79 Å². The van der Waals surface area contributed by atoms with E-state index >= 15 is 0 Å². The highest BCUT2D eigenvalue weighted by molar-refractivity contribution is 7.96. The third kappa shape index (κ3) is 7.07. The van der Waals surface area contributed by atoms with Crippen molar-refractivity contribution in [1.82, 2.24) is 9.71 Å². The molecule has 0 fully saturated rings. The number of nitrogens with zero attached hydrogens (tertiary/aromatic N) is 1. The number of thiophene rings is 1. The lowest BCUT2D eigenvalue weighted by molar-refractivity contribution is -0.115. The highest BCUT2D eigenvalue weighted by Gasteiger charge is 2.09. The lowest BCUT2D eigenvalue weighted by atomic mass is 10.1. The Morgan fingerprint density at radius 2 is 2.19 bits per heavy atom. The number of nitrogens with one attached hydrogen (secondary N) is 2. The van der Waals surface area contributed by atoms with Gasteiger partial charge in [-0.15, -0.1) is 11.3 Å². The molecule has 4 nitrogen and oxygen atoms in total. The molecule has 2 aromatic heterocycles. The van der Waals surface area contributed by atoms with Gasteiger partial charge in [-0.1, -0.05) is 37.6 Å². The molecule has 2 N–H and O–H groups in total. The molecule has 0 saturated carbocycles. The Hall–Kier alpha value is -2.31. The van der Waals surface area contributed by atoms with Gasteiger partial charge in [-0.2, -0.15) is 0 Å². The summed E-state index contributed by atoms with van der Waals surface area (Å²) < 4.78 is 3.08. The van der Waals surface area contributed by atoms with Gasteiger partial charge >= 0.3 is 0 Å². The molecule has 2 aromatic rings. The quantitative estimate of drug-likeness (QED) is 0.418. The minimum absolute atomic E-state index is 0.0433. The van der Waals surface area contributed by atoms with Crippen LogP contribution in [0.2, 0.25) is 0 Å². The molecule has 0 atom stereocenters. The average molecular weight is 400 g/mol. The number of rotatable bonds is 9. The van der Waals surface area contributed by atoms with E-state index in [1.165, 1.54) is 23.3 Å². The first-order valence-corrected chi connectivity index (χ1v) is 10.8. The van der Waals surface area contributed by atoms with Gasteiger partial charge in [0.1, 0.15) is 0 Å². The van der Waals surface area contributed by atoms with E-state index in [9.17, 15) is 4.79 Å². The van der Waals surface area contributed by atoms with Gasteiger partial charge in [0.05, 0.1) is 11.4 Å². The summed E-state index contributed by atoms with van der Waals surface area (Å²) >= 11 is 3.00. The summed E-state index contributed by atoms with van der Waals surface area (Å²) in [6, 6.07) is 6.01. The summed E-state index contributed by atoms with van der Waals surface area (Å²) in [5.74, 6) is -0.0433. The lowest BCUT2D eigenvalue weighted by Crippen LogP contribution is -2.11. The fourth-order valence-corrected chi connectivity index (χ4v) is 3.60. The Kier molecular flexibility index (Phi) is 8.36. The smallest absolute Gasteiger partial charge is 0.229 e. The number of allylic oxidation sites excluding steroid dienone is 3. The highest BCUT2D eigenvalue weighted by atomic mass is 32.2. The van der Waals surface area contributed by atoms with Gasteiger partial charge in [0.25, 0.3) is 0 Å². The molecule has 142 valence electrons. The van der Waals surface area contributed by atoms with E-state index in [1.807, 2.05) is 55.0 Å². The number of aryl methyl sites for hydroxylation is 1. The van der Waals surface area contributed by atoms with Crippen LogP contribution in [0, 0.1) is 6.92 Å². The molecule has 1 amide bonds. The van der Waals surface area contributed by atoms with Crippen LogP contribution >= 0.6 is 23.3 Å². The third-order valence-corrected chi connectivity index (χ3v) is 4.93. The summed E-state index contributed by atoms with van der Waals surface area (Å²) in [5.41, 5.74) is 4.85. The van der Waals surface area contributed by atoms with E-state index in [0.717, 1.165) is 39.5 Å². The molecule has 0 aliphatic carbocycles. The average Bonchev–Trinajstić information content (AvgIpc) is 3.08. The van der Waals surface area contributed by atoms with Crippen molar-refractivity contribution in [2.24, 2.45) is 0 Å². The zero-order chi connectivity index (χ0) is 19.6. The minimum Gasteiger partial charge on any atom is -0.331 e. The second-order valence-corrected chi connectivity index (χ2v) is 7.50. The molecule has 2 heterocycles. The number of hydrogen-bond acceptors (Lipinski definition) is 5. The third-order valence-electron chi connectivity index (χ3n) is 3.62. The van der Waals surface area contributed by atoms with Crippen molar-refractivity contribution in [3.8, 4) is 11.1 Å². The van der Waals surface area contributed by atoms with Crippen LogP contribution in [0.25, 0.3) is 11.1 Å². The summed E-state index contributed by atoms with van der Waals surface area (Å²) in [5, 5.41) is 5.87. The zero-order valence-corrected chi connectivity index (χ0v) is 17.5. The van der Waals surface area contributed by atoms with Crippen molar-refractivity contribution >= 4 is 34.2 Å². The first-order valence-electron chi connectivity index (χ1n) is 8.68. The van der Waals surface area contributed by atoms with Crippen molar-refractivity contribution in [2.75, 3.05) is 11.6 Å². The van der Waals surface area contributed by atoms with Crippen molar-refractivity contribution in [3.63, 3.8) is 0 Å². The fraction of sp³-hybridized carbons (Fsp3) is 0.238. The summed E-state index contributed by atoms with van der Waals surface area (Å²) in [7, 11) is 0. The number of aromatic nitrogens is 1. The lowest BCUT2D eigenvalue weighted by Gasteiger charge is -2.06. The maximum Gasteiger partial charge on any atom is 0.229 e. The SMILES string of the molecule is C=C(/C=C(\C=C/CC)CC(=O)Nc1cc(-c2ccnc(C)c2)cs1)NSC. The maximum atomic E-state index is 12.5. The van der Waals surface area contributed by atoms with Crippen LogP contribution in [0.4, 0.5) is 5.00 Å². The van der Waals surface area contributed by atoms with Crippen molar-refractivity contribution in [3.05, 3.63) is 71.5 Å². The largest absolute Gasteiger partial charge is 0.331 e. The van der Waals surface area contributed by atoms with E-state index in [4.69, 9.17) is 0 Å². The van der Waals surface area contributed by atoms with Crippen LogP contribution in [0.5, 0.6) is 0 Å². The Balaban J connectivity index is 2.05. The van der Waals surface area contributed by atoms with Crippen LogP contribution in [-0.2, 0) is 4.79 Å². The summed E-state index contributed by atoms with van der Waals surface area (Å²) in [6.45, 7) is 7.99. The summed E-state index contributed by atoms with van der Waals surface area (Å²) in [4.78, 5) is 16.7. The number of carbonyl (C=O) groups is 1. The van der Waals surface area contributed by atoms with Gasteiger partial charge in [0.15, 0.2) is 0 Å². The molecule has 2 rings (SSSR count). The molecule has 0 aliphatic heterocycles. The topological polar surface area (TPSA) is 54.0 Å². The Labute approximate surface area is 169 Å². The van der Waals surface area contributed by atoms with Gasteiger partial charge in [-0.05, 0) is 54.3 Å². The van der Waals surface area contributed by atoms with Gasteiger partial charge in [0, 0.05) is 29.2 Å². The number of amides is 1. The van der Waals surface area contributed by atoms with Crippen LogP contribution in [0.3, 0.4) is 0 Å². The molecule has 0 aromatic carbocycles.